The van der Waals surface area contributed by atoms with Crippen LogP contribution in [0.1, 0.15) is 11.1 Å². The second-order valence-electron chi connectivity index (χ2n) is 6.62. The lowest BCUT2D eigenvalue weighted by atomic mass is 10.2. The molecule has 0 aliphatic carbocycles. The molecule has 1 aromatic heterocycles. The molecule has 3 rings (SSSR count). The van der Waals surface area contributed by atoms with Crippen LogP contribution in [0.2, 0.25) is 5.02 Å². The molecule has 0 bridgehead atoms. The predicted octanol–water partition coefficient (Wildman–Crippen LogP) is 3.46. The van der Waals surface area contributed by atoms with Crippen LogP contribution < -0.4 is 20.1 Å². The molecular formula is C21H23ClN6O3. The van der Waals surface area contributed by atoms with Gasteiger partial charge in [-0.3, -0.25) is 4.79 Å². The first-order chi connectivity index (χ1) is 15.0. The van der Waals surface area contributed by atoms with Crippen molar-refractivity contribution in [2.75, 3.05) is 24.4 Å². The average molecular weight is 443 g/mol. The maximum atomic E-state index is 12.2. The summed E-state index contributed by atoms with van der Waals surface area (Å²) in [6, 6.07) is 10.9. The van der Waals surface area contributed by atoms with Gasteiger partial charge in [-0.1, -0.05) is 40.5 Å². The summed E-state index contributed by atoms with van der Waals surface area (Å²) in [6.07, 6.45) is 1.69. The summed E-state index contributed by atoms with van der Waals surface area (Å²) in [7, 11) is 1.52. The molecule has 0 aliphatic rings. The van der Waals surface area contributed by atoms with Crippen LogP contribution in [-0.2, 0) is 17.9 Å². The molecule has 3 aromatic rings. The molecule has 162 valence electrons. The summed E-state index contributed by atoms with van der Waals surface area (Å²) in [5.74, 6) is 1.02. The molecule has 10 heteroatoms. The van der Waals surface area contributed by atoms with Crippen molar-refractivity contribution >= 4 is 29.1 Å². The number of hydrogen-bond acceptors (Lipinski definition) is 7. The van der Waals surface area contributed by atoms with Gasteiger partial charge in [-0.05, 0) is 41.1 Å². The number of rotatable bonds is 10. The number of ether oxygens (including phenoxy) is 2. The molecule has 0 radical (unpaired) electrons. The van der Waals surface area contributed by atoms with Crippen molar-refractivity contribution in [1.82, 2.24) is 20.2 Å². The van der Waals surface area contributed by atoms with Crippen LogP contribution in [0.3, 0.4) is 0 Å². The third-order valence-electron chi connectivity index (χ3n) is 4.30. The lowest BCUT2D eigenvalue weighted by Crippen LogP contribution is -2.20. The second kappa shape index (κ2) is 10.4. The maximum Gasteiger partial charge on any atom is 0.262 e. The highest BCUT2D eigenvalue weighted by atomic mass is 35.5. The van der Waals surface area contributed by atoms with Crippen LogP contribution in [-0.4, -0.2) is 39.8 Å². The van der Waals surface area contributed by atoms with Crippen LogP contribution in [0.5, 0.6) is 11.5 Å². The fourth-order valence-corrected chi connectivity index (χ4v) is 2.93. The van der Waals surface area contributed by atoms with Crippen LogP contribution in [0, 0.1) is 6.92 Å². The molecule has 0 fully saturated rings. The van der Waals surface area contributed by atoms with E-state index in [1.54, 1.807) is 22.9 Å². The smallest absolute Gasteiger partial charge is 0.262 e. The summed E-state index contributed by atoms with van der Waals surface area (Å²) >= 11 is 6.41. The minimum Gasteiger partial charge on any atom is -0.493 e. The van der Waals surface area contributed by atoms with E-state index in [1.807, 2.05) is 31.2 Å². The molecule has 0 aliphatic heterocycles. The summed E-state index contributed by atoms with van der Waals surface area (Å²) < 4.78 is 12.6. The highest BCUT2D eigenvalue weighted by Crippen LogP contribution is 2.33. The first kappa shape index (κ1) is 22.1. The van der Waals surface area contributed by atoms with E-state index in [9.17, 15) is 4.79 Å². The van der Waals surface area contributed by atoms with Gasteiger partial charge in [0.15, 0.2) is 18.1 Å². The zero-order valence-electron chi connectivity index (χ0n) is 17.3. The zero-order valence-corrected chi connectivity index (χ0v) is 18.0. The summed E-state index contributed by atoms with van der Waals surface area (Å²) in [6.45, 7) is 6.31. The van der Waals surface area contributed by atoms with Crippen molar-refractivity contribution < 1.29 is 14.3 Å². The molecule has 0 spiro atoms. The van der Waals surface area contributed by atoms with E-state index in [0.717, 1.165) is 11.1 Å². The fraction of sp³-hybridized carbons (Fsp3) is 0.238. The number of hydrogen-bond donors (Lipinski definition) is 2. The molecule has 0 saturated heterocycles. The SMILES string of the molecule is C=CCn1nnnc1NCc1cc(OC)c(OCC(=O)Nc2ccc(C)cc2)cc1Cl. The Hall–Kier alpha value is -3.59. The Bertz CT molecular complexity index is 1050. The highest BCUT2D eigenvalue weighted by molar-refractivity contribution is 6.31. The Morgan fingerprint density at radius 1 is 1.26 bits per heavy atom. The first-order valence-electron chi connectivity index (χ1n) is 9.46. The molecule has 2 aromatic carbocycles. The van der Waals surface area contributed by atoms with Crippen LogP contribution in [0.15, 0.2) is 49.1 Å². The van der Waals surface area contributed by atoms with E-state index < -0.39 is 0 Å². The van der Waals surface area contributed by atoms with Gasteiger partial charge in [-0.2, -0.15) is 0 Å². The number of allylic oxidation sites excluding steroid dienone is 1. The second-order valence-corrected chi connectivity index (χ2v) is 7.03. The third kappa shape index (κ3) is 5.95. The topological polar surface area (TPSA) is 103 Å². The Morgan fingerprint density at radius 2 is 2.03 bits per heavy atom. The van der Waals surface area contributed by atoms with Crippen molar-refractivity contribution in [3.8, 4) is 11.5 Å². The minimum atomic E-state index is -0.290. The van der Waals surface area contributed by atoms with E-state index in [2.05, 4.69) is 32.7 Å². The number of carbonyl (C=O) groups is 1. The third-order valence-corrected chi connectivity index (χ3v) is 4.65. The quantitative estimate of drug-likeness (QED) is 0.463. The number of tetrazole rings is 1. The summed E-state index contributed by atoms with van der Waals surface area (Å²) in [5, 5.41) is 17.8. The van der Waals surface area contributed by atoms with Gasteiger partial charge in [0.05, 0.1) is 13.7 Å². The predicted molar refractivity (Wildman–Crippen MR) is 119 cm³/mol. The van der Waals surface area contributed by atoms with Gasteiger partial charge in [0, 0.05) is 23.3 Å². The van der Waals surface area contributed by atoms with Gasteiger partial charge in [-0.25, -0.2) is 4.68 Å². The number of methoxy groups -OCH3 is 1. The van der Waals surface area contributed by atoms with E-state index in [0.29, 0.717) is 41.2 Å². The molecule has 1 amide bonds. The number of amides is 1. The van der Waals surface area contributed by atoms with Gasteiger partial charge in [0.25, 0.3) is 5.91 Å². The fourth-order valence-electron chi connectivity index (χ4n) is 2.71. The molecule has 9 nitrogen and oxygen atoms in total. The number of nitrogens with one attached hydrogen (secondary N) is 2. The lowest BCUT2D eigenvalue weighted by Gasteiger charge is -2.14. The molecule has 1 heterocycles. The number of benzene rings is 2. The van der Waals surface area contributed by atoms with Crippen LogP contribution in [0.4, 0.5) is 11.6 Å². The van der Waals surface area contributed by atoms with E-state index in [-0.39, 0.29) is 12.5 Å². The van der Waals surface area contributed by atoms with Crippen LogP contribution in [0.25, 0.3) is 0 Å². The van der Waals surface area contributed by atoms with Crippen LogP contribution >= 0.6 is 11.6 Å². The number of carbonyl (C=O) groups excluding carboxylic acids is 1. The molecule has 2 N–H and O–H groups in total. The van der Waals surface area contributed by atoms with E-state index >= 15 is 0 Å². The van der Waals surface area contributed by atoms with Gasteiger partial charge < -0.3 is 20.1 Å². The van der Waals surface area contributed by atoms with Crippen molar-refractivity contribution in [3.05, 3.63) is 65.2 Å². The lowest BCUT2D eigenvalue weighted by molar-refractivity contribution is -0.118. The summed E-state index contributed by atoms with van der Waals surface area (Å²) in [4.78, 5) is 12.2. The Balaban J connectivity index is 1.63. The maximum absolute atomic E-state index is 12.2. The normalized spacial score (nSPS) is 10.4. The monoisotopic (exact) mass is 442 g/mol. The first-order valence-corrected chi connectivity index (χ1v) is 9.84. The molecule has 31 heavy (non-hydrogen) atoms. The largest absolute Gasteiger partial charge is 0.493 e. The number of nitrogens with zero attached hydrogens (tertiary/aromatic N) is 4. The zero-order chi connectivity index (χ0) is 22.2. The van der Waals surface area contributed by atoms with E-state index in [1.165, 1.54) is 7.11 Å². The van der Waals surface area contributed by atoms with Gasteiger partial charge in [0.2, 0.25) is 5.95 Å². The molecule has 0 saturated carbocycles. The number of aryl methyl sites for hydroxylation is 1. The molecular weight excluding hydrogens is 420 g/mol. The van der Waals surface area contributed by atoms with Crippen molar-refractivity contribution in [1.29, 1.82) is 0 Å². The van der Waals surface area contributed by atoms with Gasteiger partial charge >= 0.3 is 0 Å². The number of aromatic nitrogens is 4. The number of anilines is 2. The van der Waals surface area contributed by atoms with Crippen molar-refractivity contribution in [3.63, 3.8) is 0 Å². The molecule has 0 unspecified atom stereocenters. The Kier molecular flexibility index (Phi) is 7.45. The highest BCUT2D eigenvalue weighted by Gasteiger charge is 2.14. The Labute approximate surface area is 185 Å². The molecule has 0 atom stereocenters. The average Bonchev–Trinajstić information content (AvgIpc) is 3.20. The van der Waals surface area contributed by atoms with Gasteiger partial charge in [0.1, 0.15) is 0 Å². The van der Waals surface area contributed by atoms with E-state index in [4.69, 9.17) is 21.1 Å². The van der Waals surface area contributed by atoms with Gasteiger partial charge in [-0.15, -0.1) is 6.58 Å². The Morgan fingerprint density at radius 3 is 2.74 bits per heavy atom. The van der Waals surface area contributed by atoms with Crippen molar-refractivity contribution in [2.24, 2.45) is 0 Å². The standard InChI is InChI=1S/C21H23ClN6O3/c1-4-9-28-21(25-26-27-28)23-12-15-10-18(30-3)19(11-17(15)22)31-13-20(29)24-16-7-5-14(2)6-8-16/h4-8,10-11H,1,9,12-13H2,2-3H3,(H,24,29)(H,23,25,27). The van der Waals surface area contributed by atoms with Crippen molar-refractivity contribution in [2.45, 2.75) is 20.0 Å². The minimum absolute atomic E-state index is 0.186. The number of halogens is 1. The summed E-state index contributed by atoms with van der Waals surface area (Å²) in [5.41, 5.74) is 2.56.